The van der Waals surface area contributed by atoms with Crippen LogP contribution in [0.25, 0.3) is 0 Å². The molecule has 1 aliphatic rings. The molecule has 0 heterocycles. The van der Waals surface area contributed by atoms with Crippen LogP contribution in [0.5, 0.6) is 0 Å². The quantitative estimate of drug-likeness (QED) is 0.708. The zero-order chi connectivity index (χ0) is 10.4. The Hall–Kier alpha value is -0.0400. The molecule has 1 nitrogen and oxygen atoms in total. The van der Waals surface area contributed by atoms with E-state index < -0.39 is 0 Å². The highest BCUT2D eigenvalue weighted by atomic mass is 15.0. The predicted molar refractivity (Wildman–Crippen MR) is 63.6 cm³/mol. The van der Waals surface area contributed by atoms with Gasteiger partial charge in [-0.2, -0.15) is 0 Å². The van der Waals surface area contributed by atoms with Gasteiger partial charge in [-0.15, -0.1) is 0 Å². The van der Waals surface area contributed by atoms with Gasteiger partial charge in [0.1, 0.15) is 0 Å². The zero-order valence-corrected chi connectivity index (χ0v) is 10.2. The van der Waals surface area contributed by atoms with E-state index in [1.807, 2.05) is 0 Å². The third kappa shape index (κ3) is 4.45. The van der Waals surface area contributed by atoms with E-state index in [-0.39, 0.29) is 0 Å². The van der Waals surface area contributed by atoms with Gasteiger partial charge < -0.3 is 5.32 Å². The van der Waals surface area contributed by atoms with Crippen LogP contribution in [0.1, 0.15) is 65.7 Å². The molecule has 84 valence electrons. The first-order chi connectivity index (χ1) is 6.64. The Kier molecular flexibility index (Phi) is 4.94. The lowest BCUT2D eigenvalue weighted by Crippen LogP contribution is -2.42. The minimum Gasteiger partial charge on any atom is -0.312 e. The number of nitrogens with one attached hydrogen (secondary N) is 1. The Morgan fingerprint density at radius 1 is 1.14 bits per heavy atom. The molecule has 0 saturated heterocycles. The molecule has 0 atom stereocenters. The fourth-order valence-electron chi connectivity index (χ4n) is 2.53. The van der Waals surface area contributed by atoms with Gasteiger partial charge in [0.05, 0.1) is 0 Å². The van der Waals surface area contributed by atoms with E-state index in [1.54, 1.807) is 0 Å². The number of hydrogen-bond acceptors (Lipinski definition) is 1. The first-order valence-corrected chi connectivity index (χ1v) is 6.39. The lowest BCUT2D eigenvalue weighted by atomic mass is 9.88. The van der Waals surface area contributed by atoms with E-state index in [2.05, 4.69) is 26.1 Å². The lowest BCUT2D eigenvalue weighted by Gasteiger charge is -2.30. The normalized spacial score (nSPS) is 19.9. The second-order valence-electron chi connectivity index (χ2n) is 5.52. The van der Waals surface area contributed by atoms with Gasteiger partial charge >= 0.3 is 0 Å². The molecule has 0 aromatic heterocycles. The van der Waals surface area contributed by atoms with Gasteiger partial charge in [-0.3, -0.25) is 0 Å². The summed E-state index contributed by atoms with van der Waals surface area (Å²) in [6.07, 6.45) is 9.87. The van der Waals surface area contributed by atoms with Gasteiger partial charge in [-0.25, -0.2) is 0 Å². The maximum atomic E-state index is 3.73. The van der Waals surface area contributed by atoms with Crippen molar-refractivity contribution in [2.75, 3.05) is 6.54 Å². The van der Waals surface area contributed by atoms with Crippen LogP contribution >= 0.6 is 0 Å². The van der Waals surface area contributed by atoms with Crippen LogP contribution < -0.4 is 5.32 Å². The minimum absolute atomic E-state index is 0.353. The molecular weight excluding hydrogens is 170 g/mol. The average molecular weight is 197 g/mol. The molecule has 0 radical (unpaired) electrons. The van der Waals surface area contributed by atoms with Crippen LogP contribution in [0.4, 0.5) is 0 Å². The predicted octanol–water partition coefficient (Wildman–Crippen LogP) is 3.74. The Bertz CT molecular complexity index is 145. The molecule has 1 saturated carbocycles. The minimum atomic E-state index is 0.353. The fourth-order valence-corrected chi connectivity index (χ4v) is 2.53. The summed E-state index contributed by atoms with van der Waals surface area (Å²) in [5.41, 5.74) is 0.353. The highest BCUT2D eigenvalue weighted by Gasteiger charge is 2.19. The third-order valence-electron chi connectivity index (χ3n) is 3.47. The summed E-state index contributed by atoms with van der Waals surface area (Å²) >= 11 is 0. The summed E-state index contributed by atoms with van der Waals surface area (Å²) in [4.78, 5) is 0. The standard InChI is InChI=1S/C13H27N/c1-4-10-13(2,3)14-11-12-8-6-5-7-9-12/h12,14H,4-11H2,1-3H3. The van der Waals surface area contributed by atoms with E-state index in [4.69, 9.17) is 0 Å². The zero-order valence-electron chi connectivity index (χ0n) is 10.2. The molecule has 0 aromatic carbocycles. The van der Waals surface area contributed by atoms with Gasteiger partial charge in [0.2, 0.25) is 0 Å². The largest absolute Gasteiger partial charge is 0.312 e. The molecule has 0 unspecified atom stereocenters. The van der Waals surface area contributed by atoms with Gasteiger partial charge in [0.15, 0.2) is 0 Å². The number of hydrogen-bond donors (Lipinski definition) is 1. The van der Waals surface area contributed by atoms with E-state index in [0.29, 0.717) is 5.54 Å². The Morgan fingerprint density at radius 2 is 1.79 bits per heavy atom. The monoisotopic (exact) mass is 197 g/mol. The summed E-state index contributed by atoms with van der Waals surface area (Å²) in [6.45, 7) is 8.18. The summed E-state index contributed by atoms with van der Waals surface area (Å²) in [7, 11) is 0. The van der Waals surface area contributed by atoms with Crippen LogP contribution in [-0.4, -0.2) is 12.1 Å². The molecule has 0 aromatic rings. The first-order valence-electron chi connectivity index (χ1n) is 6.39. The maximum absolute atomic E-state index is 3.73. The van der Waals surface area contributed by atoms with Crippen molar-refractivity contribution in [2.24, 2.45) is 5.92 Å². The third-order valence-corrected chi connectivity index (χ3v) is 3.47. The topological polar surface area (TPSA) is 12.0 Å². The Labute approximate surface area is 89.7 Å². The molecule has 1 heteroatoms. The maximum Gasteiger partial charge on any atom is 0.0125 e. The fraction of sp³-hybridized carbons (Fsp3) is 1.00. The van der Waals surface area contributed by atoms with Crippen LogP contribution in [0, 0.1) is 5.92 Å². The SMILES string of the molecule is CCCC(C)(C)NCC1CCCCC1. The van der Waals surface area contributed by atoms with Crippen molar-refractivity contribution >= 4 is 0 Å². The van der Waals surface area contributed by atoms with Crippen molar-refractivity contribution < 1.29 is 0 Å². The molecule has 1 N–H and O–H groups in total. The highest BCUT2D eigenvalue weighted by Crippen LogP contribution is 2.23. The van der Waals surface area contributed by atoms with E-state index in [9.17, 15) is 0 Å². The summed E-state index contributed by atoms with van der Waals surface area (Å²) in [6, 6.07) is 0. The smallest absolute Gasteiger partial charge is 0.0125 e. The Balaban J connectivity index is 2.17. The van der Waals surface area contributed by atoms with Crippen molar-refractivity contribution in [3.8, 4) is 0 Å². The Morgan fingerprint density at radius 3 is 2.36 bits per heavy atom. The van der Waals surface area contributed by atoms with E-state index in [0.717, 1.165) is 5.92 Å². The summed E-state index contributed by atoms with van der Waals surface area (Å²) in [5.74, 6) is 0.958. The van der Waals surface area contributed by atoms with Gasteiger partial charge in [-0.05, 0) is 45.6 Å². The first kappa shape index (κ1) is 12.0. The molecule has 14 heavy (non-hydrogen) atoms. The summed E-state index contributed by atoms with van der Waals surface area (Å²) in [5, 5.41) is 3.73. The van der Waals surface area contributed by atoms with Crippen molar-refractivity contribution in [2.45, 2.75) is 71.3 Å². The van der Waals surface area contributed by atoms with Crippen molar-refractivity contribution in [3.63, 3.8) is 0 Å². The van der Waals surface area contributed by atoms with Crippen molar-refractivity contribution in [1.82, 2.24) is 5.32 Å². The van der Waals surface area contributed by atoms with E-state index in [1.165, 1.54) is 51.5 Å². The average Bonchev–Trinajstić information content (AvgIpc) is 2.17. The van der Waals surface area contributed by atoms with Crippen LogP contribution in [0.2, 0.25) is 0 Å². The summed E-state index contributed by atoms with van der Waals surface area (Å²) < 4.78 is 0. The molecule has 0 amide bonds. The molecule has 1 fully saturated rings. The molecule has 0 aliphatic heterocycles. The highest BCUT2D eigenvalue weighted by molar-refractivity contribution is 4.79. The molecule has 1 rings (SSSR count). The molecular formula is C13H27N. The van der Waals surface area contributed by atoms with Gasteiger partial charge in [0, 0.05) is 5.54 Å². The second kappa shape index (κ2) is 5.75. The van der Waals surface area contributed by atoms with Crippen molar-refractivity contribution in [3.05, 3.63) is 0 Å². The molecule has 0 bridgehead atoms. The van der Waals surface area contributed by atoms with Crippen LogP contribution in [0.3, 0.4) is 0 Å². The molecule has 1 aliphatic carbocycles. The van der Waals surface area contributed by atoms with Gasteiger partial charge in [0.25, 0.3) is 0 Å². The number of rotatable bonds is 5. The van der Waals surface area contributed by atoms with E-state index >= 15 is 0 Å². The van der Waals surface area contributed by atoms with Crippen LogP contribution in [-0.2, 0) is 0 Å². The second-order valence-corrected chi connectivity index (χ2v) is 5.52. The van der Waals surface area contributed by atoms with Gasteiger partial charge in [-0.1, -0.05) is 32.6 Å². The van der Waals surface area contributed by atoms with Crippen LogP contribution in [0.15, 0.2) is 0 Å². The lowest BCUT2D eigenvalue weighted by molar-refractivity contribution is 0.283. The van der Waals surface area contributed by atoms with Crippen molar-refractivity contribution in [1.29, 1.82) is 0 Å². The molecule has 0 spiro atoms.